The molecule has 0 aliphatic carbocycles. The van der Waals surface area contributed by atoms with Crippen LogP contribution in [0.3, 0.4) is 0 Å². The predicted molar refractivity (Wildman–Crippen MR) is 199 cm³/mol. The number of esters is 2. The van der Waals surface area contributed by atoms with E-state index in [1.54, 1.807) is 19.2 Å². The van der Waals surface area contributed by atoms with E-state index in [9.17, 15) is 14.7 Å². The maximum Gasteiger partial charge on any atom is 0.345 e. The van der Waals surface area contributed by atoms with Crippen LogP contribution in [0, 0.1) is 34.6 Å². The predicted octanol–water partition coefficient (Wildman–Crippen LogP) is 8.32. The number of phenolic OH excluding ortho intramolecular Hbond substituents is 1. The van der Waals surface area contributed by atoms with Gasteiger partial charge in [-0.3, -0.25) is 0 Å². The van der Waals surface area contributed by atoms with Crippen molar-refractivity contribution in [3.05, 3.63) is 117 Å². The average molecular weight is 693 g/mol. The van der Waals surface area contributed by atoms with Crippen LogP contribution in [0.5, 0.6) is 5.75 Å². The van der Waals surface area contributed by atoms with Crippen LogP contribution in [-0.4, -0.2) is 53.3 Å². The van der Waals surface area contributed by atoms with Crippen LogP contribution in [0.4, 0.5) is 5.69 Å². The topological polar surface area (TPSA) is 124 Å². The zero-order valence-electron chi connectivity index (χ0n) is 29.5. The maximum atomic E-state index is 11.4. The number of aryl methyl sites for hydroxylation is 5. The van der Waals surface area contributed by atoms with Gasteiger partial charge in [0.2, 0.25) is 0 Å². The van der Waals surface area contributed by atoms with E-state index in [2.05, 4.69) is 66.8 Å². The minimum Gasteiger partial charge on any atom is -0.507 e. The van der Waals surface area contributed by atoms with Crippen molar-refractivity contribution in [2.45, 2.75) is 40.5 Å². The van der Waals surface area contributed by atoms with Gasteiger partial charge in [0.15, 0.2) is 17.5 Å². The number of methoxy groups -OCH3 is 2. The van der Waals surface area contributed by atoms with E-state index in [1.165, 1.54) is 31.4 Å². The molecule has 10 heteroatoms. The van der Waals surface area contributed by atoms with E-state index in [0.717, 1.165) is 39.1 Å². The van der Waals surface area contributed by atoms with Crippen LogP contribution in [0.15, 0.2) is 78.4 Å². The van der Waals surface area contributed by atoms with E-state index >= 15 is 0 Å². The molecule has 0 fully saturated rings. The Morgan fingerprint density at radius 3 is 1.60 bits per heavy atom. The summed E-state index contributed by atoms with van der Waals surface area (Å²) in [7, 11) is 4.23. The lowest BCUT2D eigenvalue weighted by Crippen LogP contribution is -2.15. The van der Waals surface area contributed by atoms with Gasteiger partial charge in [0.1, 0.15) is 11.3 Å². The van der Waals surface area contributed by atoms with Crippen LogP contribution in [0.1, 0.15) is 38.9 Å². The van der Waals surface area contributed by atoms with Gasteiger partial charge < -0.3 is 19.9 Å². The molecule has 0 atom stereocenters. The van der Waals surface area contributed by atoms with Crippen molar-refractivity contribution in [2.75, 3.05) is 26.6 Å². The summed E-state index contributed by atoms with van der Waals surface area (Å²) >= 11 is 6.10. The lowest BCUT2D eigenvalue weighted by molar-refractivity contribution is -0.143. The van der Waals surface area contributed by atoms with Crippen molar-refractivity contribution in [3.63, 3.8) is 0 Å². The molecule has 0 spiro atoms. The Bertz CT molecular complexity index is 1970. The molecule has 50 heavy (non-hydrogen) atoms. The number of aromatic hydroxyl groups is 1. The lowest BCUT2D eigenvalue weighted by atomic mass is 10.0. The first kappa shape index (κ1) is 37.3. The van der Waals surface area contributed by atoms with Crippen molar-refractivity contribution in [3.8, 4) is 39.9 Å². The van der Waals surface area contributed by atoms with Gasteiger partial charge in [-0.15, -0.1) is 11.6 Å². The number of phenols is 1. The quantitative estimate of drug-likeness (QED) is 0.0543. The van der Waals surface area contributed by atoms with Gasteiger partial charge >= 0.3 is 11.9 Å². The average Bonchev–Trinajstić information content (AvgIpc) is 3.11. The highest BCUT2D eigenvalue weighted by Crippen LogP contribution is 2.35. The molecule has 258 valence electrons. The minimum absolute atomic E-state index is 0.141. The van der Waals surface area contributed by atoms with E-state index < -0.39 is 11.9 Å². The standard InChI is InChI=1S/C27H26ClN3O.C13H15NO4/c1-15-6-8-21(17(3)10-15)25-29-26(22-9-7-16(2)11-18(22)4)31-27(30-25)23-13-20(14-28)12-19(5)24(23)32;1-14-10-6-4-9(5-7-10)8-11(12(15)17-2)13(16)18-3/h6-13,32H,14H2,1-5H3;4-8,14H,1-3H3. The fourth-order valence-electron chi connectivity index (χ4n) is 5.30. The van der Waals surface area contributed by atoms with Gasteiger partial charge in [0, 0.05) is 29.7 Å². The molecule has 9 nitrogen and oxygen atoms in total. The molecule has 0 saturated carbocycles. The van der Waals surface area contributed by atoms with Gasteiger partial charge in [-0.25, -0.2) is 24.5 Å². The molecular formula is C40H41ClN4O5. The molecule has 1 heterocycles. The van der Waals surface area contributed by atoms with Crippen molar-refractivity contribution in [2.24, 2.45) is 0 Å². The summed E-state index contributed by atoms with van der Waals surface area (Å²) in [5.74, 6) is 0.638. The third kappa shape index (κ3) is 8.92. The second kappa shape index (κ2) is 16.7. The number of nitrogens with zero attached hydrogens (tertiary/aromatic N) is 3. The SMILES string of the molecule is CNc1ccc(C=C(C(=O)OC)C(=O)OC)cc1.Cc1ccc(-c2nc(-c3ccc(C)cc3C)nc(-c3cc(CCl)cc(C)c3O)n2)c(C)c1. The maximum absolute atomic E-state index is 11.4. The zero-order valence-corrected chi connectivity index (χ0v) is 30.3. The lowest BCUT2D eigenvalue weighted by Gasteiger charge is -2.14. The molecule has 0 amide bonds. The Morgan fingerprint density at radius 1 is 0.700 bits per heavy atom. The molecule has 1 aromatic heterocycles. The number of nitrogens with one attached hydrogen (secondary N) is 1. The highest BCUT2D eigenvalue weighted by Gasteiger charge is 2.20. The zero-order chi connectivity index (χ0) is 36.5. The van der Waals surface area contributed by atoms with Crippen LogP contribution in [0.2, 0.25) is 0 Å². The second-order valence-corrected chi connectivity index (χ2v) is 12.1. The Hall–Kier alpha value is -5.54. The third-order valence-corrected chi connectivity index (χ3v) is 8.27. The van der Waals surface area contributed by atoms with E-state index in [-0.39, 0.29) is 11.3 Å². The normalized spacial score (nSPS) is 10.4. The van der Waals surface area contributed by atoms with Gasteiger partial charge in [-0.05, 0) is 86.7 Å². The van der Waals surface area contributed by atoms with E-state index in [4.69, 9.17) is 26.6 Å². The van der Waals surface area contributed by atoms with Crippen molar-refractivity contribution in [1.29, 1.82) is 0 Å². The van der Waals surface area contributed by atoms with Crippen LogP contribution in [0.25, 0.3) is 40.2 Å². The Kier molecular flexibility index (Phi) is 12.5. The number of anilines is 1. The molecule has 5 aromatic rings. The fraction of sp³-hybridized carbons (Fsp3) is 0.225. The number of aromatic nitrogens is 3. The number of carbonyl (C=O) groups is 2. The Labute approximate surface area is 298 Å². The number of ether oxygens (including phenoxy) is 2. The third-order valence-electron chi connectivity index (χ3n) is 7.96. The number of hydrogen-bond donors (Lipinski definition) is 2. The molecule has 0 bridgehead atoms. The Morgan fingerprint density at radius 2 is 1.18 bits per heavy atom. The van der Waals surface area contributed by atoms with Gasteiger partial charge in [0.25, 0.3) is 0 Å². The Balaban J connectivity index is 0.000000266. The highest BCUT2D eigenvalue weighted by atomic mass is 35.5. The number of benzene rings is 4. The van der Waals surface area contributed by atoms with Crippen molar-refractivity contribution in [1.82, 2.24) is 15.0 Å². The van der Waals surface area contributed by atoms with Crippen molar-refractivity contribution >= 4 is 35.3 Å². The molecule has 0 radical (unpaired) electrons. The molecule has 5 rings (SSSR count). The molecule has 4 aromatic carbocycles. The first-order valence-electron chi connectivity index (χ1n) is 15.8. The fourth-order valence-corrected chi connectivity index (χ4v) is 5.46. The monoisotopic (exact) mass is 692 g/mol. The van der Waals surface area contributed by atoms with Crippen LogP contribution < -0.4 is 5.32 Å². The molecule has 0 unspecified atom stereocenters. The first-order valence-corrected chi connectivity index (χ1v) is 16.4. The molecule has 0 saturated heterocycles. The number of rotatable bonds is 8. The summed E-state index contributed by atoms with van der Waals surface area (Å²) < 4.78 is 9.06. The van der Waals surface area contributed by atoms with Crippen molar-refractivity contribution < 1.29 is 24.2 Å². The van der Waals surface area contributed by atoms with Crippen LogP contribution in [-0.2, 0) is 24.9 Å². The number of hydrogen-bond acceptors (Lipinski definition) is 9. The molecule has 0 aliphatic heterocycles. The smallest absolute Gasteiger partial charge is 0.345 e. The second-order valence-electron chi connectivity index (χ2n) is 11.8. The summed E-state index contributed by atoms with van der Waals surface area (Å²) in [6.07, 6.45) is 1.43. The van der Waals surface area contributed by atoms with Gasteiger partial charge in [-0.1, -0.05) is 65.7 Å². The largest absolute Gasteiger partial charge is 0.507 e. The van der Waals surface area contributed by atoms with Gasteiger partial charge in [0.05, 0.1) is 19.8 Å². The molecule has 0 aliphatic rings. The number of carbonyl (C=O) groups excluding carboxylic acids is 2. The number of alkyl halides is 1. The van der Waals surface area contributed by atoms with Gasteiger partial charge in [-0.2, -0.15) is 0 Å². The summed E-state index contributed by atoms with van der Waals surface area (Å²) in [5.41, 5.74) is 10.1. The summed E-state index contributed by atoms with van der Waals surface area (Å²) in [6.45, 7) is 10.1. The number of halogens is 1. The first-order chi connectivity index (χ1) is 23.9. The van der Waals surface area contributed by atoms with E-state index in [1.807, 2.05) is 43.3 Å². The summed E-state index contributed by atoms with van der Waals surface area (Å²) in [4.78, 5) is 37.3. The molecular weight excluding hydrogens is 652 g/mol. The summed E-state index contributed by atoms with van der Waals surface area (Å²) in [6, 6.07) is 23.4. The molecule has 2 N–H and O–H groups in total. The summed E-state index contributed by atoms with van der Waals surface area (Å²) in [5, 5.41) is 13.8. The van der Waals surface area contributed by atoms with E-state index in [0.29, 0.717) is 34.5 Å². The highest BCUT2D eigenvalue weighted by molar-refractivity contribution is 6.17. The van der Waals surface area contributed by atoms with Crippen LogP contribution >= 0.6 is 11.6 Å². The minimum atomic E-state index is -0.723.